The van der Waals surface area contributed by atoms with E-state index in [0.717, 1.165) is 23.9 Å². The molecule has 0 saturated carbocycles. The topological polar surface area (TPSA) is 21.3 Å². The van der Waals surface area contributed by atoms with Gasteiger partial charge in [-0.15, -0.1) is 0 Å². The lowest BCUT2D eigenvalue weighted by atomic mass is 10.3. The summed E-state index contributed by atoms with van der Waals surface area (Å²) in [7, 11) is 0. The van der Waals surface area contributed by atoms with Gasteiger partial charge in [-0.2, -0.15) is 0 Å². The van der Waals surface area contributed by atoms with Gasteiger partial charge < -0.3 is 10.1 Å². The maximum atomic E-state index is 13.2. The number of ether oxygens (including phenoxy) is 1. The second-order valence-corrected chi connectivity index (χ2v) is 3.71. The van der Waals surface area contributed by atoms with Crippen molar-refractivity contribution in [2.45, 2.75) is 0 Å². The average Bonchev–Trinajstić information content (AvgIpc) is 2.40. The number of anilines is 1. The normalized spacial score (nSPS) is 10.1. The van der Waals surface area contributed by atoms with Crippen LogP contribution < -0.4 is 10.1 Å². The SMILES string of the molecule is Fc1ccc(F)c(NCCOc2ccccc2)c1. The molecule has 0 saturated heterocycles. The zero-order valence-corrected chi connectivity index (χ0v) is 9.70. The van der Waals surface area contributed by atoms with Crippen LogP contribution >= 0.6 is 0 Å². The van der Waals surface area contributed by atoms with Gasteiger partial charge in [0, 0.05) is 6.54 Å². The molecule has 0 atom stereocenters. The molecule has 0 aromatic heterocycles. The fourth-order valence-corrected chi connectivity index (χ4v) is 1.50. The van der Waals surface area contributed by atoms with Crippen LogP contribution in [0.1, 0.15) is 0 Å². The van der Waals surface area contributed by atoms with Gasteiger partial charge in [0.05, 0.1) is 5.69 Å². The van der Waals surface area contributed by atoms with Gasteiger partial charge >= 0.3 is 0 Å². The Morgan fingerprint density at radius 2 is 1.78 bits per heavy atom. The fourth-order valence-electron chi connectivity index (χ4n) is 1.50. The number of benzene rings is 2. The lowest BCUT2D eigenvalue weighted by molar-refractivity contribution is 0.332. The molecule has 0 unspecified atom stereocenters. The molecule has 0 fully saturated rings. The highest BCUT2D eigenvalue weighted by atomic mass is 19.1. The summed E-state index contributed by atoms with van der Waals surface area (Å²) < 4.78 is 31.6. The van der Waals surface area contributed by atoms with E-state index in [2.05, 4.69) is 5.32 Å². The van der Waals surface area contributed by atoms with Crippen molar-refractivity contribution in [3.05, 3.63) is 60.2 Å². The van der Waals surface area contributed by atoms with Gasteiger partial charge in [0.1, 0.15) is 24.0 Å². The Hall–Kier alpha value is -2.10. The van der Waals surface area contributed by atoms with E-state index in [1.165, 1.54) is 0 Å². The van der Waals surface area contributed by atoms with E-state index >= 15 is 0 Å². The second kappa shape index (κ2) is 6.00. The minimum Gasteiger partial charge on any atom is -0.492 e. The molecule has 0 bridgehead atoms. The molecule has 0 spiro atoms. The molecule has 2 nitrogen and oxygen atoms in total. The zero-order valence-electron chi connectivity index (χ0n) is 9.70. The highest BCUT2D eigenvalue weighted by Crippen LogP contribution is 2.15. The standard InChI is InChI=1S/C14H13F2NO/c15-11-6-7-13(16)14(10-11)17-8-9-18-12-4-2-1-3-5-12/h1-7,10,17H,8-9H2. The summed E-state index contributed by atoms with van der Waals surface area (Å²) in [4.78, 5) is 0. The highest BCUT2D eigenvalue weighted by Gasteiger charge is 2.02. The van der Waals surface area contributed by atoms with Gasteiger partial charge in [0.25, 0.3) is 0 Å². The molecule has 0 heterocycles. The first-order valence-corrected chi connectivity index (χ1v) is 5.62. The Bertz CT molecular complexity index is 502. The molecule has 0 aliphatic carbocycles. The smallest absolute Gasteiger partial charge is 0.146 e. The van der Waals surface area contributed by atoms with Crippen molar-refractivity contribution in [1.29, 1.82) is 0 Å². The van der Waals surface area contributed by atoms with Crippen LogP contribution in [-0.4, -0.2) is 13.2 Å². The van der Waals surface area contributed by atoms with E-state index in [4.69, 9.17) is 4.74 Å². The summed E-state index contributed by atoms with van der Waals surface area (Å²) in [5.74, 6) is -0.196. The van der Waals surface area contributed by atoms with Crippen LogP contribution in [0.4, 0.5) is 14.5 Å². The van der Waals surface area contributed by atoms with E-state index in [0.29, 0.717) is 13.2 Å². The van der Waals surface area contributed by atoms with E-state index in [9.17, 15) is 8.78 Å². The Labute approximate surface area is 104 Å². The molecule has 0 radical (unpaired) electrons. The van der Waals surface area contributed by atoms with E-state index in [1.54, 1.807) is 0 Å². The molecule has 0 amide bonds. The summed E-state index contributed by atoms with van der Waals surface area (Å²) in [5.41, 5.74) is 0.145. The van der Waals surface area contributed by atoms with Gasteiger partial charge in [-0.1, -0.05) is 18.2 Å². The predicted octanol–water partition coefficient (Wildman–Crippen LogP) is 3.46. The molecule has 2 aromatic rings. The number of halogens is 2. The van der Waals surface area contributed by atoms with Crippen LogP contribution in [0.3, 0.4) is 0 Å². The first kappa shape index (κ1) is 12.4. The molecule has 18 heavy (non-hydrogen) atoms. The molecule has 4 heteroatoms. The summed E-state index contributed by atoms with van der Waals surface area (Å²) >= 11 is 0. The summed E-state index contributed by atoms with van der Waals surface area (Å²) in [6.45, 7) is 0.773. The van der Waals surface area contributed by atoms with Crippen LogP contribution in [0.5, 0.6) is 5.75 Å². The minimum atomic E-state index is -0.476. The maximum absolute atomic E-state index is 13.2. The largest absolute Gasteiger partial charge is 0.492 e. The van der Waals surface area contributed by atoms with Gasteiger partial charge in [-0.3, -0.25) is 0 Å². The molecule has 0 aliphatic heterocycles. The first-order chi connectivity index (χ1) is 8.75. The maximum Gasteiger partial charge on any atom is 0.146 e. The lowest BCUT2D eigenvalue weighted by Gasteiger charge is -2.09. The number of hydrogen-bond donors (Lipinski definition) is 1. The van der Waals surface area contributed by atoms with Crippen molar-refractivity contribution in [3.63, 3.8) is 0 Å². The Morgan fingerprint density at radius 3 is 2.56 bits per heavy atom. The van der Waals surface area contributed by atoms with Crippen LogP contribution in [0, 0.1) is 11.6 Å². The van der Waals surface area contributed by atoms with Crippen molar-refractivity contribution in [2.24, 2.45) is 0 Å². The van der Waals surface area contributed by atoms with Crippen molar-refractivity contribution in [3.8, 4) is 5.75 Å². The lowest BCUT2D eigenvalue weighted by Crippen LogP contribution is -2.12. The average molecular weight is 249 g/mol. The number of nitrogens with one attached hydrogen (secondary N) is 1. The third-order valence-electron chi connectivity index (χ3n) is 2.36. The molecule has 2 rings (SSSR count). The van der Waals surface area contributed by atoms with Gasteiger partial charge in [-0.05, 0) is 30.3 Å². The number of hydrogen-bond acceptors (Lipinski definition) is 2. The van der Waals surface area contributed by atoms with Crippen LogP contribution in [0.15, 0.2) is 48.5 Å². The van der Waals surface area contributed by atoms with Gasteiger partial charge in [-0.25, -0.2) is 8.78 Å². The van der Waals surface area contributed by atoms with Gasteiger partial charge in [0.15, 0.2) is 0 Å². The third kappa shape index (κ3) is 3.45. The molecule has 1 N–H and O–H groups in total. The van der Waals surface area contributed by atoms with E-state index in [-0.39, 0.29) is 5.69 Å². The first-order valence-electron chi connectivity index (χ1n) is 5.62. The number of rotatable bonds is 5. The fraction of sp³-hybridized carbons (Fsp3) is 0.143. The molecule has 0 aliphatic rings. The Balaban J connectivity index is 1.80. The molecule has 94 valence electrons. The monoisotopic (exact) mass is 249 g/mol. The van der Waals surface area contributed by atoms with Crippen molar-refractivity contribution in [1.82, 2.24) is 0 Å². The quantitative estimate of drug-likeness (QED) is 0.819. The van der Waals surface area contributed by atoms with Crippen molar-refractivity contribution >= 4 is 5.69 Å². The summed E-state index contributed by atoms with van der Waals surface area (Å²) in [5, 5.41) is 2.78. The Morgan fingerprint density at radius 1 is 1.00 bits per heavy atom. The summed E-state index contributed by atoms with van der Waals surface area (Å²) in [6, 6.07) is 12.6. The van der Waals surface area contributed by atoms with E-state index in [1.807, 2.05) is 30.3 Å². The predicted molar refractivity (Wildman–Crippen MR) is 66.8 cm³/mol. The van der Waals surface area contributed by atoms with Crippen molar-refractivity contribution in [2.75, 3.05) is 18.5 Å². The van der Waals surface area contributed by atoms with Crippen LogP contribution in [-0.2, 0) is 0 Å². The Kier molecular flexibility index (Phi) is 4.12. The molecule has 2 aromatic carbocycles. The van der Waals surface area contributed by atoms with Crippen molar-refractivity contribution < 1.29 is 13.5 Å². The minimum absolute atomic E-state index is 0.145. The summed E-state index contributed by atoms with van der Waals surface area (Å²) in [6.07, 6.45) is 0. The molecular weight excluding hydrogens is 236 g/mol. The molecular formula is C14H13F2NO. The number of para-hydroxylation sites is 1. The highest BCUT2D eigenvalue weighted by molar-refractivity contribution is 5.44. The second-order valence-electron chi connectivity index (χ2n) is 3.71. The third-order valence-corrected chi connectivity index (χ3v) is 2.36. The van der Waals surface area contributed by atoms with Gasteiger partial charge in [0.2, 0.25) is 0 Å². The van der Waals surface area contributed by atoms with E-state index < -0.39 is 11.6 Å². The van der Waals surface area contributed by atoms with Crippen LogP contribution in [0.2, 0.25) is 0 Å². The zero-order chi connectivity index (χ0) is 12.8. The van der Waals surface area contributed by atoms with Crippen LogP contribution in [0.25, 0.3) is 0 Å².